The fourth-order valence-corrected chi connectivity index (χ4v) is 3.45. The zero-order chi connectivity index (χ0) is 20.1. The number of carbonyl (C=O) groups excluding carboxylic acids is 2. The van der Waals surface area contributed by atoms with Gasteiger partial charge in [0.25, 0.3) is 0 Å². The highest BCUT2D eigenvalue weighted by Gasteiger charge is 2.22. The Labute approximate surface area is 168 Å². The predicted octanol–water partition coefficient (Wildman–Crippen LogP) is 0.854. The van der Waals surface area contributed by atoms with Crippen LogP contribution in [0.4, 0.5) is 5.82 Å². The van der Waals surface area contributed by atoms with Crippen LogP contribution < -0.4 is 25.0 Å². The molecule has 1 aromatic heterocycles. The lowest BCUT2D eigenvalue weighted by atomic mass is 9.97. The van der Waals surface area contributed by atoms with Gasteiger partial charge in [-0.1, -0.05) is 6.07 Å². The molecule has 0 saturated carbocycles. The smallest absolute Gasteiger partial charge is 0.309 e. The largest absolute Gasteiger partial charge is 0.454 e. The molecule has 4 rings (SSSR count). The van der Waals surface area contributed by atoms with E-state index in [1.807, 2.05) is 6.07 Å². The SMILES string of the molecule is O=C(NCc1ccc2c(c1)OCO2)C(=O)NCC1CCN(c2cnccn2)CC1. The lowest BCUT2D eigenvalue weighted by molar-refractivity contribution is -0.139. The normalized spacial score (nSPS) is 15.8. The summed E-state index contributed by atoms with van der Waals surface area (Å²) in [6.45, 7) is 2.65. The number of carbonyl (C=O) groups is 2. The van der Waals surface area contributed by atoms with E-state index in [1.165, 1.54) is 0 Å². The second-order valence-corrected chi connectivity index (χ2v) is 7.07. The van der Waals surface area contributed by atoms with Gasteiger partial charge in [-0.3, -0.25) is 14.6 Å². The first kappa shape index (κ1) is 19.0. The Morgan fingerprint density at radius 1 is 1.07 bits per heavy atom. The molecule has 9 heteroatoms. The maximum atomic E-state index is 12.1. The number of nitrogens with one attached hydrogen (secondary N) is 2. The van der Waals surface area contributed by atoms with Crippen LogP contribution in [-0.4, -0.2) is 48.2 Å². The van der Waals surface area contributed by atoms with Gasteiger partial charge < -0.3 is 25.0 Å². The van der Waals surface area contributed by atoms with Crippen LogP contribution in [0.25, 0.3) is 0 Å². The summed E-state index contributed by atoms with van der Waals surface area (Å²) in [5.41, 5.74) is 0.840. The molecule has 2 amide bonds. The summed E-state index contributed by atoms with van der Waals surface area (Å²) >= 11 is 0. The number of hydrogen-bond acceptors (Lipinski definition) is 7. The van der Waals surface area contributed by atoms with Crippen LogP contribution in [0.1, 0.15) is 18.4 Å². The van der Waals surface area contributed by atoms with E-state index < -0.39 is 11.8 Å². The van der Waals surface area contributed by atoms with Gasteiger partial charge >= 0.3 is 11.8 Å². The molecular weight excluding hydrogens is 374 g/mol. The highest BCUT2D eigenvalue weighted by molar-refractivity contribution is 6.35. The van der Waals surface area contributed by atoms with Crippen LogP contribution in [0, 0.1) is 5.92 Å². The molecule has 0 unspecified atom stereocenters. The average Bonchev–Trinajstić information content (AvgIpc) is 3.24. The summed E-state index contributed by atoms with van der Waals surface area (Å²) in [5, 5.41) is 5.38. The van der Waals surface area contributed by atoms with Crippen LogP contribution in [0.15, 0.2) is 36.8 Å². The topological polar surface area (TPSA) is 106 Å². The molecule has 2 aliphatic rings. The first-order valence-electron chi connectivity index (χ1n) is 9.64. The Morgan fingerprint density at radius 2 is 1.86 bits per heavy atom. The van der Waals surface area contributed by atoms with E-state index in [0.717, 1.165) is 37.3 Å². The van der Waals surface area contributed by atoms with Crippen LogP contribution in [0.2, 0.25) is 0 Å². The standard InChI is InChI=1S/C20H23N5O4/c26-19(20(27)24-11-15-1-2-16-17(9-15)29-13-28-16)23-10-14-3-7-25(8-4-14)18-12-21-5-6-22-18/h1-2,5-6,9,12,14H,3-4,7-8,10-11,13H2,(H,23,26)(H,24,27). The average molecular weight is 397 g/mol. The van der Waals surface area contributed by atoms with Crippen LogP contribution >= 0.6 is 0 Å². The number of anilines is 1. The molecule has 1 aromatic carbocycles. The minimum atomic E-state index is -0.639. The second kappa shape index (κ2) is 8.76. The minimum absolute atomic E-state index is 0.200. The number of fused-ring (bicyclic) bond motifs is 1. The van der Waals surface area contributed by atoms with E-state index in [-0.39, 0.29) is 13.3 Å². The van der Waals surface area contributed by atoms with Gasteiger partial charge in [0, 0.05) is 38.6 Å². The van der Waals surface area contributed by atoms with Crippen molar-refractivity contribution < 1.29 is 19.1 Å². The van der Waals surface area contributed by atoms with E-state index in [2.05, 4.69) is 25.5 Å². The fourth-order valence-electron chi connectivity index (χ4n) is 3.45. The van der Waals surface area contributed by atoms with Crippen molar-refractivity contribution in [2.24, 2.45) is 5.92 Å². The quantitative estimate of drug-likeness (QED) is 0.721. The monoisotopic (exact) mass is 397 g/mol. The maximum Gasteiger partial charge on any atom is 0.309 e. The molecule has 0 aliphatic carbocycles. The molecule has 29 heavy (non-hydrogen) atoms. The van der Waals surface area contributed by atoms with Gasteiger partial charge in [-0.05, 0) is 36.5 Å². The molecule has 1 fully saturated rings. The molecule has 152 valence electrons. The zero-order valence-corrected chi connectivity index (χ0v) is 16.0. The third-order valence-corrected chi connectivity index (χ3v) is 5.14. The number of aromatic nitrogens is 2. The summed E-state index contributed by atoms with van der Waals surface area (Å²) in [6, 6.07) is 5.42. The van der Waals surface area contributed by atoms with Gasteiger partial charge in [-0.2, -0.15) is 0 Å². The van der Waals surface area contributed by atoms with E-state index >= 15 is 0 Å². The summed E-state index contributed by atoms with van der Waals surface area (Å²) in [5.74, 6) is 1.30. The van der Waals surface area contributed by atoms with Crippen LogP contribution in [0.3, 0.4) is 0 Å². The number of rotatable bonds is 5. The lowest BCUT2D eigenvalue weighted by Gasteiger charge is -2.32. The molecule has 3 heterocycles. The predicted molar refractivity (Wildman–Crippen MR) is 104 cm³/mol. The Balaban J connectivity index is 1.17. The highest BCUT2D eigenvalue weighted by atomic mass is 16.7. The Kier molecular flexibility index (Phi) is 5.73. The van der Waals surface area contributed by atoms with Crippen molar-refractivity contribution in [3.8, 4) is 11.5 Å². The highest BCUT2D eigenvalue weighted by Crippen LogP contribution is 2.32. The molecule has 0 atom stereocenters. The van der Waals surface area contributed by atoms with Crippen molar-refractivity contribution in [3.63, 3.8) is 0 Å². The fraction of sp³-hybridized carbons (Fsp3) is 0.400. The number of ether oxygens (including phenoxy) is 2. The van der Waals surface area contributed by atoms with Gasteiger partial charge in [-0.15, -0.1) is 0 Å². The van der Waals surface area contributed by atoms with Crippen LogP contribution in [-0.2, 0) is 16.1 Å². The summed E-state index contributed by atoms with van der Waals surface area (Å²) in [4.78, 5) is 34.7. The second-order valence-electron chi connectivity index (χ2n) is 7.07. The number of hydrogen-bond donors (Lipinski definition) is 2. The third kappa shape index (κ3) is 4.74. The summed E-state index contributed by atoms with van der Waals surface area (Å²) in [6.07, 6.45) is 6.95. The van der Waals surface area contributed by atoms with Crippen molar-refractivity contribution in [3.05, 3.63) is 42.4 Å². The van der Waals surface area contributed by atoms with Crippen molar-refractivity contribution in [2.45, 2.75) is 19.4 Å². The first-order chi connectivity index (χ1) is 14.2. The van der Waals surface area contributed by atoms with Gasteiger partial charge in [0.1, 0.15) is 5.82 Å². The maximum absolute atomic E-state index is 12.1. The molecule has 0 spiro atoms. The van der Waals surface area contributed by atoms with E-state index in [9.17, 15) is 9.59 Å². The Morgan fingerprint density at radius 3 is 2.66 bits per heavy atom. The molecule has 2 aliphatic heterocycles. The molecule has 9 nitrogen and oxygen atoms in total. The van der Waals surface area contributed by atoms with E-state index in [1.54, 1.807) is 30.7 Å². The molecule has 2 N–H and O–H groups in total. The van der Waals surface area contributed by atoms with Crippen molar-refractivity contribution in [1.82, 2.24) is 20.6 Å². The van der Waals surface area contributed by atoms with Crippen molar-refractivity contribution in [2.75, 3.05) is 31.3 Å². The number of amides is 2. The van der Waals surface area contributed by atoms with Gasteiger partial charge in [0.15, 0.2) is 11.5 Å². The molecule has 0 radical (unpaired) electrons. The van der Waals surface area contributed by atoms with Crippen molar-refractivity contribution in [1.29, 1.82) is 0 Å². The van der Waals surface area contributed by atoms with Gasteiger partial charge in [-0.25, -0.2) is 4.98 Å². The summed E-state index contributed by atoms with van der Waals surface area (Å²) in [7, 11) is 0. The Bertz CT molecular complexity index is 868. The number of piperidine rings is 1. The molecular formula is C20H23N5O4. The van der Waals surface area contributed by atoms with Gasteiger partial charge in [0.2, 0.25) is 6.79 Å². The first-order valence-corrected chi connectivity index (χ1v) is 9.64. The molecule has 0 bridgehead atoms. The van der Waals surface area contributed by atoms with Crippen LogP contribution in [0.5, 0.6) is 11.5 Å². The lowest BCUT2D eigenvalue weighted by Crippen LogP contribution is -2.43. The third-order valence-electron chi connectivity index (χ3n) is 5.14. The van der Waals surface area contributed by atoms with E-state index in [4.69, 9.17) is 9.47 Å². The van der Waals surface area contributed by atoms with Gasteiger partial charge in [0.05, 0.1) is 6.20 Å². The van der Waals surface area contributed by atoms with E-state index in [0.29, 0.717) is 24.0 Å². The minimum Gasteiger partial charge on any atom is -0.454 e. The molecule has 2 aromatic rings. The number of nitrogens with zero attached hydrogens (tertiary/aromatic N) is 3. The zero-order valence-electron chi connectivity index (χ0n) is 16.0. The van der Waals surface area contributed by atoms with Crippen molar-refractivity contribution >= 4 is 17.6 Å². The Hall–Kier alpha value is -3.36. The molecule has 1 saturated heterocycles. The number of benzene rings is 1. The summed E-state index contributed by atoms with van der Waals surface area (Å²) < 4.78 is 10.6.